The molecule has 1 fully saturated rings. The van der Waals surface area contributed by atoms with E-state index in [1.807, 2.05) is 0 Å². The molecule has 1 aromatic carbocycles. The highest BCUT2D eigenvalue weighted by molar-refractivity contribution is 6.32. The number of hydrogen-bond acceptors (Lipinski definition) is 5. The van der Waals surface area contributed by atoms with Gasteiger partial charge in [-0.2, -0.15) is 0 Å². The van der Waals surface area contributed by atoms with E-state index in [0.29, 0.717) is 55.9 Å². The number of hydrogen-bond donors (Lipinski definition) is 2. The van der Waals surface area contributed by atoms with Crippen LogP contribution in [0.1, 0.15) is 18.4 Å². The number of nitrogens with zero attached hydrogens (tertiary/aromatic N) is 1. The van der Waals surface area contributed by atoms with Crippen LogP contribution in [-0.4, -0.2) is 56.1 Å². The number of halogens is 1. The van der Waals surface area contributed by atoms with E-state index in [0.717, 1.165) is 18.4 Å². The third kappa shape index (κ3) is 4.40. The number of fused-ring (bicyclic) bond motifs is 1. The zero-order chi connectivity index (χ0) is 18.5. The fourth-order valence-corrected chi connectivity index (χ4v) is 3.60. The summed E-state index contributed by atoms with van der Waals surface area (Å²) in [4.78, 5) is 26.6. The second-order valence-electron chi connectivity index (χ2n) is 6.54. The van der Waals surface area contributed by atoms with Gasteiger partial charge in [0.2, 0.25) is 11.8 Å². The molecule has 0 radical (unpaired) electrons. The highest BCUT2D eigenvalue weighted by atomic mass is 35.5. The van der Waals surface area contributed by atoms with Gasteiger partial charge >= 0.3 is 0 Å². The second kappa shape index (κ2) is 8.60. The van der Waals surface area contributed by atoms with Gasteiger partial charge in [0.25, 0.3) is 0 Å². The summed E-state index contributed by atoms with van der Waals surface area (Å²) in [6.45, 7) is 2.90. The van der Waals surface area contributed by atoms with Crippen molar-refractivity contribution in [3.8, 4) is 11.5 Å². The van der Waals surface area contributed by atoms with Gasteiger partial charge in [0.05, 0.1) is 17.4 Å². The van der Waals surface area contributed by atoms with Gasteiger partial charge in [-0.3, -0.25) is 9.59 Å². The van der Waals surface area contributed by atoms with Crippen molar-refractivity contribution in [2.75, 3.05) is 39.4 Å². The van der Waals surface area contributed by atoms with Gasteiger partial charge < -0.3 is 25.4 Å². The molecule has 7 nitrogen and oxygen atoms in total. The highest BCUT2D eigenvalue weighted by Crippen LogP contribution is 2.38. The Labute approximate surface area is 157 Å². The van der Waals surface area contributed by atoms with Crippen molar-refractivity contribution in [1.29, 1.82) is 0 Å². The maximum absolute atomic E-state index is 12.7. The predicted octanol–water partition coefficient (Wildman–Crippen LogP) is 0.967. The summed E-state index contributed by atoms with van der Waals surface area (Å²) in [5.74, 6) is 0.875. The summed E-state index contributed by atoms with van der Waals surface area (Å²) in [7, 11) is 0. The molecule has 8 heteroatoms. The normalized spacial score (nSPS) is 19.2. The van der Waals surface area contributed by atoms with Crippen LogP contribution in [0.15, 0.2) is 12.1 Å². The third-order valence-electron chi connectivity index (χ3n) is 4.60. The summed E-state index contributed by atoms with van der Waals surface area (Å²) in [6.07, 6.45) is 1.82. The van der Waals surface area contributed by atoms with Crippen LogP contribution >= 0.6 is 11.6 Å². The van der Waals surface area contributed by atoms with Crippen LogP contribution in [0, 0.1) is 5.92 Å². The van der Waals surface area contributed by atoms with E-state index < -0.39 is 0 Å². The van der Waals surface area contributed by atoms with Crippen molar-refractivity contribution in [2.45, 2.75) is 19.3 Å². The van der Waals surface area contributed by atoms with Gasteiger partial charge in [-0.1, -0.05) is 11.6 Å². The number of rotatable bonds is 5. The second-order valence-corrected chi connectivity index (χ2v) is 6.94. The number of likely N-dealkylation sites (tertiary alicyclic amines) is 1. The van der Waals surface area contributed by atoms with E-state index in [2.05, 4.69) is 5.32 Å². The number of benzene rings is 1. The summed E-state index contributed by atoms with van der Waals surface area (Å²) in [6, 6.07) is 3.54. The smallest absolute Gasteiger partial charge is 0.227 e. The molecule has 3 rings (SSSR count). The average molecular weight is 382 g/mol. The van der Waals surface area contributed by atoms with Crippen molar-refractivity contribution in [3.63, 3.8) is 0 Å². The first kappa shape index (κ1) is 18.8. The molecular formula is C18H24ClN3O4. The van der Waals surface area contributed by atoms with Gasteiger partial charge in [-0.15, -0.1) is 0 Å². The van der Waals surface area contributed by atoms with Crippen LogP contribution < -0.4 is 20.5 Å². The lowest BCUT2D eigenvalue weighted by Gasteiger charge is -2.32. The maximum atomic E-state index is 12.7. The van der Waals surface area contributed by atoms with Gasteiger partial charge in [0.1, 0.15) is 13.2 Å². The average Bonchev–Trinajstić information content (AvgIpc) is 2.66. The Hall–Kier alpha value is -1.99. The van der Waals surface area contributed by atoms with E-state index in [-0.39, 0.29) is 24.2 Å². The highest BCUT2D eigenvalue weighted by Gasteiger charge is 2.28. The van der Waals surface area contributed by atoms with E-state index in [1.54, 1.807) is 17.0 Å². The van der Waals surface area contributed by atoms with E-state index in [1.165, 1.54) is 0 Å². The molecule has 3 N–H and O–H groups in total. The first-order chi connectivity index (χ1) is 12.6. The molecule has 26 heavy (non-hydrogen) atoms. The summed E-state index contributed by atoms with van der Waals surface area (Å²) >= 11 is 6.24. The summed E-state index contributed by atoms with van der Waals surface area (Å²) in [5.41, 5.74) is 6.20. The number of carbonyl (C=O) groups is 2. The molecule has 2 aliphatic heterocycles. The monoisotopic (exact) mass is 381 g/mol. The Balaban J connectivity index is 1.62. The van der Waals surface area contributed by atoms with Gasteiger partial charge in [0, 0.05) is 26.2 Å². The molecule has 1 atom stereocenters. The lowest BCUT2D eigenvalue weighted by molar-refractivity contribution is -0.135. The lowest BCUT2D eigenvalue weighted by atomic mass is 9.96. The van der Waals surface area contributed by atoms with Gasteiger partial charge in [-0.05, 0) is 30.5 Å². The molecule has 0 aromatic heterocycles. The summed E-state index contributed by atoms with van der Waals surface area (Å²) < 4.78 is 11.1. The van der Waals surface area contributed by atoms with Crippen molar-refractivity contribution in [1.82, 2.24) is 10.2 Å². The Morgan fingerprint density at radius 1 is 1.31 bits per heavy atom. The largest absolute Gasteiger partial charge is 0.486 e. The predicted molar refractivity (Wildman–Crippen MR) is 97.5 cm³/mol. The molecule has 142 valence electrons. The summed E-state index contributed by atoms with van der Waals surface area (Å²) in [5, 5.41) is 3.25. The van der Waals surface area contributed by atoms with Crippen molar-refractivity contribution in [2.24, 2.45) is 11.7 Å². The van der Waals surface area contributed by atoms with Crippen molar-refractivity contribution >= 4 is 23.4 Å². The Morgan fingerprint density at radius 3 is 2.92 bits per heavy atom. The van der Waals surface area contributed by atoms with Gasteiger partial charge in [-0.25, -0.2) is 0 Å². The molecule has 0 spiro atoms. The SMILES string of the molecule is NCCNC(=O)C1CCCN(C(=O)Cc2cc(Cl)c3c(c2)OCCO3)C1. The standard InChI is InChI=1S/C18H24ClN3O4/c19-14-8-12(9-15-17(14)26-7-6-25-15)10-16(23)22-5-1-2-13(11-22)18(24)21-4-3-20/h8-9,13H,1-7,10-11,20H2,(H,21,24). The number of nitrogens with one attached hydrogen (secondary N) is 1. The minimum absolute atomic E-state index is 0.0194. The first-order valence-electron chi connectivity index (χ1n) is 8.92. The molecule has 2 amide bonds. The Bertz CT molecular complexity index is 683. The molecule has 0 bridgehead atoms. The number of piperidine rings is 1. The van der Waals surface area contributed by atoms with Crippen LogP contribution in [-0.2, 0) is 16.0 Å². The molecule has 1 aromatic rings. The maximum Gasteiger partial charge on any atom is 0.227 e. The molecule has 2 aliphatic rings. The number of ether oxygens (including phenoxy) is 2. The molecule has 1 saturated heterocycles. The van der Waals surface area contributed by atoms with E-state index >= 15 is 0 Å². The van der Waals surface area contributed by atoms with Crippen LogP contribution in [0.4, 0.5) is 0 Å². The van der Waals surface area contributed by atoms with E-state index in [9.17, 15) is 9.59 Å². The molecular weight excluding hydrogens is 358 g/mol. The van der Waals surface area contributed by atoms with Crippen LogP contribution in [0.2, 0.25) is 5.02 Å². The minimum atomic E-state index is -0.178. The zero-order valence-electron chi connectivity index (χ0n) is 14.6. The fraction of sp³-hybridized carbons (Fsp3) is 0.556. The van der Waals surface area contributed by atoms with Crippen LogP contribution in [0.5, 0.6) is 11.5 Å². The van der Waals surface area contributed by atoms with Crippen molar-refractivity contribution in [3.05, 3.63) is 22.7 Å². The quantitative estimate of drug-likeness (QED) is 0.792. The molecule has 0 saturated carbocycles. The van der Waals surface area contributed by atoms with Gasteiger partial charge in [0.15, 0.2) is 11.5 Å². The van der Waals surface area contributed by atoms with Crippen molar-refractivity contribution < 1.29 is 19.1 Å². The topological polar surface area (TPSA) is 93.9 Å². The number of amides is 2. The zero-order valence-corrected chi connectivity index (χ0v) is 15.4. The Morgan fingerprint density at radius 2 is 2.12 bits per heavy atom. The minimum Gasteiger partial charge on any atom is -0.486 e. The number of nitrogens with two attached hydrogens (primary N) is 1. The molecule has 0 aliphatic carbocycles. The van der Waals surface area contributed by atoms with Crippen LogP contribution in [0.3, 0.4) is 0 Å². The molecule has 1 unspecified atom stereocenters. The Kier molecular flexibility index (Phi) is 6.21. The van der Waals surface area contributed by atoms with Crippen LogP contribution in [0.25, 0.3) is 0 Å². The molecule has 2 heterocycles. The lowest BCUT2D eigenvalue weighted by Crippen LogP contribution is -2.46. The third-order valence-corrected chi connectivity index (χ3v) is 4.88. The fourth-order valence-electron chi connectivity index (χ4n) is 3.31. The van der Waals surface area contributed by atoms with E-state index in [4.69, 9.17) is 26.8 Å². The first-order valence-corrected chi connectivity index (χ1v) is 9.30. The number of carbonyl (C=O) groups excluding carboxylic acids is 2.